The quantitative estimate of drug-likeness (QED) is 0.761. The maximum atomic E-state index is 13.3. The van der Waals surface area contributed by atoms with E-state index in [0.29, 0.717) is 24.3 Å². The first-order valence-corrected chi connectivity index (χ1v) is 7.24. The fourth-order valence-electron chi connectivity index (χ4n) is 2.36. The molecule has 1 atom stereocenters. The van der Waals surface area contributed by atoms with Gasteiger partial charge in [0.25, 0.3) is 0 Å². The predicted molar refractivity (Wildman–Crippen MR) is 82.3 cm³/mol. The first kappa shape index (κ1) is 16.7. The molecule has 0 saturated carbocycles. The zero-order valence-electron chi connectivity index (χ0n) is 13.0. The van der Waals surface area contributed by atoms with Gasteiger partial charge in [0.2, 0.25) is 11.8 Å². The number of carbonyl (C=O) groups excluding carboxylic acids is 3. The van der Waals surface area contributed by atoms with Crippen LogP contribution in [0.2, 0.25) is 0 Å². The average molecular weight is 322 g/mol. The Morgan fingerprint density at radius 3 is 2.83 bits per heavy atom. The third-order valence-corrected chi connectivity index (χ3v) is 3.66. The molecule has 2 rings (SSSR count). The summed E-state index contributed by atoms with van der Waals surface area (Å²) in [6.07, 6.45) is -0.113. The Morgan fingerprint density at radius 2 is 2.17 bits per heavy atom. The number of carbonyl (C=O) groups is 3. The molecular weight excluding hydrogens is 303 g/mol. The standard InChI is InChI=1S/C15H19FN4O3/c1-9-7-10(3-4-11(9)16)19-15(23)20-6-5-18-14(22)12(20)8-13(21)17-2/h3-4,7,12H,5-6,8H2,1-2H3,(H,17,21)(H,18,22)(H,19,23). The number of anilines is 1. The molecule has 1 saturated heterocycles. The minimum absolute atomic E-state index is 0.113. The summed E-state index contributed by atoms with van der Waals surface area (Å²) < 4.78 is 13.3. The van der Waals surface area contributed by atoms with Crippen molar-refractivity contribution in [3.8, 4) is 0 Å². The molecule has 0 radical (unpaired) electrons. The largest absolute Gasteiger partial charge is 0.359 e. The summed E-state index contributed by atoms with van der Waals surface area (Å²) in [5, 5.41) is 7.70. The zero-order chi connectivity index (χ0) is 17.0. The first-order chi connectivity index (χ1) is 10.9. The number of aryl methyl sites for hydroxylation is 1. The maximum absolute atomic E-state index is 13.3. The summed E-state index contributed by atoms with van der Waals surface area (Å²) in [4.78, 5) is 37.2. The summed E-state index contributed by atoms with van der Waals surface area (Å²) in [5.41, 5.74) is 0.833. The van der Waals surface area contributed by atoms with Gasteiger partial charge in [-0.15, -0.1) is 0 Å². The summed E-state index contributed by atoms with van der Waals surface area (Å²) in [6.45, 7) is 2.20. The first-order valence-electron chi connectivity index (χ1n) is 7.24. The molecule has 0 aliphatic carbocycles. The summed E-state index contributed by atoms with van der Waals surface area (Å²) in [6, 6.07) is 2.84. The molecule has 0 aromatic heterocycles. The van der Waals surface area contributed by atoms with Crippen molar-refractivity contribution in [2.45, 2.75) is 19.4 Å². The Hall–Kier alpha value is -2.64. The molecule has 23 heavy (non-hydrogen) atoms. The predicted octanol–water partition coefficient (Wildman–Crippen LogP) is 0.603. The molecule has 0 bridgehead atoms. The summed E-state index contributed by atoms with van der Waals surface area (Å²) in [5.74, 6) is -1.06. The van der Waals surface area contributed by atoms with Crippen LogP contribution in [0.1, 0.15) is 12.0 Å². The highest BCUT2D eigenvalue weighted by molar-refractivity contribution is 5.96. The number of piperazine rings is 1. The van der Waals surface area contributed by atoms with E-state index in [1.165, 1.54) is 30.1 Å². The van der Waals surface area contributed by atoms with E-state index in [9.17, 15) is 18.8 Å². The lowest BCUT2D eigenvalue weighted by atomic mass is 10.1. The molecule has 4 amide bonds. The zero-order valence-corrected chi connectivity index (χ0v) is 13.0. The maximum Gasteiger partial charge on any atom is 0.322 e. The van der Waals surface area contributed by atoms with Gasteiger partial charge in [-0.2, -0.15) is 0 Å². The van der Waals surface area contributed by atoms with Gasteiger partial charge in [0.15, 0.2) is 0 Å². The van der Waals surface area contributed by atoms with Crippen molar-refractivity contribution in [3.05, 3.63) is 29.6 Å². The van der Waals surface area contributed by atoms with Crippen molar-refractivity contribution in [1.82, 2.24) is 15.5 Å². The Labute approximate surface area is 133 Å². The van der Waals surface area contributed by atoms with Gasteiger partial charge >= 0.3 is 6.03 Å². The number of halogens is 1. The lowest BCUT2D eigenvalue weighted by Crippen LogP contribution is -2.59. The molecule has 1 unspecified atom stereocenters. The molecule has 1 aliphatic rings. The lowest BCUT2D eigenvalue weighted by molar-refractivity contribution is -0.132. The minimum atomic E-state index is -0.870. The van der Waals surface area contributed by atoms with E-state index < -0.39 is 12.1 Å². The van der Waals surface area contributed by atoms with Crippen LogP contribution >= 0.6 is 0 Å². The van der Waals surface area contributed by atoms with Crippen molar-refractivity contribution < 1.29 is 18.8 Å². The lowest BCUT2D eigenvalue weighted by Gasteiger charge is -2.34. The Kier molecular flexibility index (Phi) is 5.15. The monoisotopic (exact) mass is 322 g/mol. The Bertz CT molecular complexity index is 635. The fourth-order valence-corrected chi connectivity index (χ4v) is 2.36. The molecule has 7 nitrogen and oxygen atoms in total. The van der Waals surface area contributed by atoms with Crippen LogP contribution in [0.5, 0.6) is 0 Å². The molecule has 124 valence electrons. The number of nitrogens with zero attached hydrogens (tertiary/aromatic N) is 1. The van der Waals surface area contributed by atoms with Crippen LogP contribution in [0.4, 0.5) is 14.9 Å². The third kappa shape index (κ3) is 3.97. The normalized spacial score (nSPS) is 17.4. The van der Waals surface area contributed by atoms with E-state index in [-0.39, 0.29) is 24.1 Å². The van der Waals surface area contributed by atoms with Gasteiger partial charge in [0.1, 0.15) is 11.9 Å². The smallest absolute Gasteiger partial charge is 0.322 e. The van der Waals surface area contributed by atoms with E-state index in [1.807, 2.05) is 0 Å². The Balaban J connectivity index is 2.12. The molecule has 0 spiro atoms. The van der Waals surface area contributed by atoms with Crippen molar-refractivity contribution in [2.75, 3.05) is 25.5 Å². The molecule has 1 fully saturated rings. The second-order valence-corrected chi connectivity index (χ2v) is 5.27. The van der Waals surface area contributed by atoms with Gasteiger partial charge in [-0.05, 0) is 30.7 Å². The van der Waals surface area contributed by atoms with Crippen molar-refractivity contribution in [1.29, 1.82) is 0 Å². The van der Waals surface area contributed by atoms with Crippen LogP contribution < -0.4 is 16.0 Å². The van der Waals surface area contributed by atoms with Crippen molar-refractivity contribution in [3.63, 3.8) is 0 Å². The second kappa shape index (κ2) is 7.08. The van der Waals surface area contributed by atoms with Gasteiger partial charge < -0.3 is 20.9 Å². The number of rotatable bonds is 3. The van der Waals surface area contributed by atoms with Crippen LogP contribution in [0.25, 0.3) is 0 Å². The van der Waals surface area contributed by atoms with E-state index in [1.54, 1.807) is 6.92 Å². The van der Waals surface area contributed by atoms with Crippen LogP contribution in [-0.2, 0) is 9.59 Å². The van der Waals surface area contributed by atoms with Gasteiger partial charge in [0.05, 0.1) is 6.42 Å². The number of hydrogen-bond donors (Lipinski definition) is 3. The van der Waals surface area contributed by atoms with Crippen LogP contribution in [-0.4, -0.2) is 48.9 Å². The van der Waals surface area contributed by atoms with Crippen LogP contribution in [0.3, 0.4) is 0 Å². The number of nitrogens with one attached hydrogen (secondary N) is 3. The number of hydrogen-bond acceptors (Lipinski definition) is 3. The van der Waals surface area contributed by atoms with E-state index in [2.05, 4.69) is 16.0 Å². The highest BCUT2D eigenvalue weighted by Gasteiger charge is 2.34. The van der Waals surface area contributed by atoms with Crippen molar-refractivity contribution in [2.24, 2.45) is 0 Å². The van der Waals surface area contributed by atoms with E-state index in [4.69, 9.17) is 0 Å². The van der Waals surface area contributed by atoms with Crippen molar-refractivity contribution >= 4 is 23.5 Å². The molecule has 3 N–H and O–H groups in total. The molecule has 1 aliphatic heterocycles. The number of urea groups is 1. The molecule has 1 aromatic carbocycles. The fraction of sp³-hybridized carbons (Fsp3) is 0.400. The third-order valence-electron chi connectivity index (χ3n) is 3.66. The molecule has 1 heterocycles. The van der Waals surface area contributed by atoms with E-state index in [0.717, 1.165) is 0 Å². The van der Waals surface area contributed by atoms with E-state index >= 15 is 0 Å². The number of amides is 4. The number of benzene rings is 1. The van der Waals surface area contributed by atoms with Crippen LogP contribution in [0.15, 0.2) is 18.2 Å². The molecule has 8 heteroatoms. The van der Waals surface area contributed by atoms with Gasteiger partial charge in [-0.3, -0.25) is 9.59 Å². The second-order valence-electron chi connectivity index (χ2n) is 5.27. The highest BCUT2D eigenvalue weighted by atomic mass is 19.1. The summed E-state index contributed by atoms with van der Waals surface area (Å²) in [7, 11) is 1.47. The topological polar surface area (TPSA) is 90.5 Å². The minimum Gasteiger partial charge on any atom is -0.359 e. The molecular formula is C15H19FN4O3. The highest BCUT2D eigenvalue weighted by Crippen LogP contribution is 2.16. The SMILES string of the molecule is CNC(=O)CC1C(=O)NCCN1C(=O)Nc1ccc(F)c(C)c1. The summed E-state index contributed by atoms with van der Waals surface area (Å²) >= 11 is 0. The van der Waals surface area contributed by atoms with Gasteiger partial charge in [-0.25, -0.2) is 9.18 Å². The molecule has 1 aromatic rings. The Morgan fingerprint density at radius 1 is 1.43 bits per heavy atom. The van der Waals surface area contributed by atoms with Gasteiger partial charge in [0, 0.05) is 25.8 Å². The van der Waals surface area contributed by atoms with Gasteiger partial charge in [-0.1, -0.05) is 0 Å². The average Bonchev–Trinajstić information content (AvgIpc) is 2.52. The van der Waals surface area contributed by atoms with Crippen LogP contribution in [0, 0.1) is 12.7 Å².